The van der Waals surface area contributed by atoms with Crippen LogP contribution in [0.1, 0.15) is 11.1 Å². The molecule has 0 spiro atoms. The maximum absolute atomic E-state index is 13.6. The summed E-state index contributed by atoms with van der Waals surface area (Å²) in [6.07, 6.45) is 1.52. The SMILES string of the molecule is O=C(Cc1ccccc1F)NCCN1C(=O)S/C(=C\c2ccc(Cl)cc2)C1=O. The maximum Gasteiger partial charge on any atom is 0.293 e. The standard InChI is InChI=1S/C20H16ClFN2O3S/c21-15-7-5-13(6-8-15)11-17-19(26)24(20(27)28-17)10-9-23-18(25)12-14-3-1-2-4-16(14)22/h1-8,11H,9-10,12H2,(H,23,25)/b17-11-. The van der Waals surface area contributed by atoms with Crippen molar-refractivity contribution in [2.24, 2.45) is 0 Å². The summed E-state index contributed by atoms with van der Waals surface area (Å²) >= 11 is 6.68. The van der Waals surface area contributed by atoms with E-state index in [2.05, 4.69) is 5.32 Å². The van der Waals surface area contributed by atoms with E-state index in [1.165, 1.54) is 12.1 Å². The molecule has 5 nitrogen and oxygen atoms in total. The van der Waals surface area contributed by atoms with Crippen LogP contribution in [-0.2, 0) is 16.0 Å². The van der Waals surface area contributed by atoms with Gasteiger partial charge in [-0.25, -0.2) is 4.39 Å². The normalized spacial score (nSPS) is 15.4. The predicted octanol–water partition coefficient (Wildman–Crippen LogP) is 3.87. The zero-order valence-electron chi connectivity index (χ0n) is 14.7. The summed E-state index contributed by atoms with van der Waals surface area (Å²) in [6.45, 7) is 0.144. The maximum atomic E-state index is 13.6. The van der Waals surface area contributed by atoms with E-state index in [4.69, 9.17) is 11.6 Å². The van der Waals surface area contributed by atoms with Gasteiger partial charge in [0, 0.05) is 18.1 Å². The van der Waals surface area contributed by atoms with E-state index in [-0.39, 0.29) is 31.0 Å². The summed E-state index contributed by atoms with van der Waals surface area (Å²) in [5.74, 6) is -1.24. The zero-order valence-corrected chi connectivity index (χ0v) is 16.2. The third kappa shape index (κ3) is 4.99. The van der Waals surface area contributed by atoms with Crippen LogP contribution < -0.4 is 5.32 Å². The molecule has 2 aromatic rings. The lowest BCUT2D eigenvalue weighted by atomic mass is 10.1. The fraction of sp³-hybridized carbons (Fsp3) is 0.150. The summed E-state index contributed by atoms with van der Waals surface area (Å²) in [5, 5.41) is 2.79. The third-order valence-electron chi connectivity index (χ3n) is 4.01. The summed E-state index contributed by atoms with van der Waals surface area (Å²) in [7, 11) is 0. The number of nitrogens with zero attached hydrogens (tertiary/aromatic N) is 1. The number of carbonyl (C=O) groups is 3. The fourth-order valence-corrected chi connectivity index (χ4v) is 3.58. The Bertz CT molecular complexity index is 947. The lowest BCUT2D eigenvalue weighted by Gasteiger charge is -2.13. The minimum absolute atomic E-state index is 0.0473. The number of rotatable bonds is 6. The van der Waals surface area contributed by atoms with Gasteiger partial charge >= 0.3 is 0 Å². The second kappa shape index (κ2) is 9.03. The number of nitrogens with one attached hydrogen (secondary N) is 1. The molecule has 3 amide bonds. The van der Waals surface area contributed by atoms with E-state index >= 15 is 0 Å². The molecule has 1 saturated heterocycles. The Labute approximate surface area is 170 Å². The van der Waals surface area contributed by atoms with Gasteiger partial charge in [-0.1, -0.05) is 41.9 Å². The number of carbonyl (C=O) groups excluding carboxylic acids is 3. The second-order valence-corrected chi connectivity index (χ2v) is 7.43. The van der Waals surface area contributed by atoms with Crippen molar-refractivity contribution in [1.29, 1.82) is 0 Å². The average molecular weight is 419 g/mol. The zero-order chi connectivity index (χ0) is 20.1. The molecule has 1 N–H and O–H groups in total. The number of hydrogen-bond donors (Lipinski definition) is 1. The molecule has 1 aliphatic heterocycles. The first-order valence-corrected chi connectivity index (χ1v) is 9.64. The molecule has 0 radical (unpaired) electrons. The molecule has 3 rings (SSSR count). The Balaban J connectivity index is 1.54. The van der Waals surface area contributed by atoms with Crippen molar-refractivity contribution in [1.82, 2.24) is 10.2 Å². The van der Waals surface area contributed by atoms with Crippen molar-refractivity contribution in [3.8, 4) is 0 Å². The van der Waals surface area contributed by atoms with Crippen LogP contribution >= 0.6 is 23.4 Å². The van der Waals surface area contributed by atoms with Crippen LogP contribution in [0.2, 0.25) is 5.02 Å². The summed E-state index contributed by atoms with van der Waals surface area (Å²) in [5.41, 5.74) is 1.05. The second-order valence-electron chi connectivity index (χ2n) is 6.00. The minimum atomic E-state index is -0.448. The van der Waals surface area contributed by atoms with E-state index in [9.17, 15) is 18.8 Å². The molecule has 28 heavy (non-hydrogen) atoms. The highest BCUT2D eigenvalue weighted by molar-refractivity contribution is 8.18. The first-order chi connectivity index (χ1) is 13.4. The Morgan fingerprint density at radius 3 is 2.57 bits per heavy atom. The van der Waals surface area contributed by atoms with Gasteiger partial charge in [0.15, 0.2) is 0 Å². The number of hydrogen-bond acceptors (Lipinski definition) is 4. The van der Waals surface area contributed by atoms with Gasteiger partial charge in [0.2, 0.25) is 5.91 Å². The molecule has 144 valence electrons. The van der Waals surface area contributed by atoms with Gasteiger partial charge < -0.3 is 5.32 Å². The van der Waals surface area contributed by atoms with Crippen LogP contribution in [0.4, 0.5) is 9.18 Å². The van der Waals surface area contributed by atoms with Crippen LogP contribution in [-0.4, -0.2) is 35.0 Å². The van der Waals surface area contributed by atoms with Crippen molar-refractivity contribution >= 4 is 46.5 Å². The van der Waals surface area contributed by atoms with Crippen molar-refractivity contribution < 1.29 is 18.8 Å². The van der Waals surface area contributed by atoms with Crippen molar-refractivity contribution in [2.75, 3.05) is 13.1 Å². The fourth-order valence-electron chi connectivity index (χ4n) is 2.59. The van der Waals surface area contributed by atoms with E-state index in [1.54, 1.807) is 42.5 Å². The molecular weight excluding hydrogens is 403 g/mol. The van der Waals surface area contributed by atoms with Gasteiger partial charge in [0.25, 0.3) is 11.1 Å². The number of amides is 3. The molecule has 1 fully saturated rings. The summed E-state index contributed by atoms with van der Waals surface area (Å²) in [6, 6.07) is 12.9. The Morgan fingerprint density at radius 2 is 1.86 bits per heavy atom. The van der Waals surface area contributed by atoms with Gasteiger partial charge in [0.1, 0.15) is 5.82 Å². The lowest BCUT2D eigenvalue weighted by molar-refractivity contribution is -0.124. The van der Waals surface area contributed by atoms with Crippen molar-refractivity contribution in [3.05, 3.63) is 75.4 Å². The molecular formula is C20H16ClFN2O3S. The van der Waals surface area contributed by atoms with Crippen LogP contribution in [0, 0.1) is 5.82 Å². The van der Waals surface area contributed by atoms with Crippen LogP contribution in [0.25, 0.3) is 6.08 Å². The van der Waals surface area contributed by atoms with Crippen LogP contribution in [0.3, 0.4) is 0 Å². The topological polar surface area (TPSA) is 66.5 Å². The molecule has 0 unspecified atom stereocenters. The molecule has 0 aromatic heterocycles. The van der Waals surface area contributed by atoms with E-state index in [1.807, 2.05) is 0 Å². The van der Waals surface area contributed by atoms with Gasteiger partial charge in [-0.15, -0.1) is 0 Å². The van der Waals surface area contributed by atoms with Crippen LogP contribution in [0.15, 0.2) is 53.4 Å². The van der Waals surface area contributed by atoms with E-state index in [0.717, 1.165) is 22.2 Å². The van der Waals surface area contributed by atoms with Gasteiger partial charge in [-0.3, -0.25) is 19.3 Å². The highest BCUT2D eigenvalue weighted by Gasteiger charge is 2.34. The largest absolute Gasteiger partial charge is 0.354 e. The Kier molecular flexibility index (Phi) is 6.49. The molecule has 2 aromatic carbocycles. The first kappa shape index (κ1) is 20.1. The Morgan fingerprint density at radius 1 is 1.14 bits per heavy atom. The molecule has 1 aliphatic rings. The monoisotopic (exact) mass is 418 g/mol. The number of imide groups is 1. The Hall–Kier alpha value is -2.64. The molecule has 0 saturated carbocycles. The molecule has 0 bridgehead atoms. The predicted molar refractivity (Wildman–Crippen MR) is 107 cm³/mol. The van der Waals surface area contributed by atoms with Gasteiger partial charge in [-0.2, -0.15) is 0 Å². The smallest absolute Gasteiger partial charge is 0.293 e. The number of thioether (sulfide) groups is 1. The highest BCUT2D eigenvalue weighted by Crippen LogP contribution is 2.32. The highest BCUT2D eigenvalue weighted by atomic mass is 35.5. The molecule has 1 heterocycles. The number of halogens is 2. The third-order valence-corrected chi connectivity index (χ3v) is 5.17. The van der Waals surface area contributed by atoms with E-state index < -0.39 is 17.0 Å². The van der Waals surface area contributed by atoms with Crippen LogP contribution in [0.5, 0.6) is 0 Å². The molecule has 8 heteroatoms. The van der Waals surface area contributed by atoms with Gasteiger partial charge in [0.05, 0.1) is 11.3 Å². The molecule has 0 atom stereocenters. The summed E-state index contributed by atoms with van der Waals surface area (Å²) in [4.78, 5) is 37.9. The first-order valence-electron chi connectivity index (χ1n) is 8.45. The minimum Gasteiger partial charge on any atom is -0.354 e. The average Bonchev–Trinajstić information content (AvgIpc) is 2.93. The van der Waals surface area contributed by atoms with E-state index in [0.29, 0.717) is 9.93 Å². The van der Waals surface area contributed by atoms with Crippen molar-refractivity contribution in [2.45, 2.75) is 6.42 Å². The van der Waals surface area contributed by atoms with Gasteiger partial charge in [-0.05, 0) is 47.2 Å². The summed E-state index contributed by atoms with van der Waals surface area (Å²) < 4.78 is 13.6. The molecule has 0 aliphatic carbocycles. The quantitative estimate of drug-likeness (QED) is 0.723. The number of benzene rings is 2. The van der Waals surface area contributed by atoms with Crippen molar-refractivity contribution in [3.63, 3.8) is 0 Å². The lowest BCUT2D eigenvalue weighted by Crippen LogP contribution is -2.37.